The van der Waals surface area contributed by atoms with Gasteiger partial charge < -0.3 is 15.2 Å². The van der Waals surface area contributed by atoms with Crippen molar-refractivity contribution in [1.82, 2.24) is 15.2 Å². The lowest BCUT2D eigenvalue weighted by molar-refractivity contribution is 0.00876. The number of hydrogen-bond donors (Lipinski definition) is 2. The maximum absolute atomic E-state index is 10.6. The van der Waals surface area contributed by atoms with Crippen LogP contribution in [-0.4, -0.2) is 46.8 Å². The normalized spacial score (nSPS) is 22.6. The zero-order chi connectivity index (χ0) is 20.3. The Balaban J connectivity index is 1.70. The van der Waals surface area contributed by atoms with Gasteiger partial charge in [-0.1, -0.05) is 38.1 Å². The van der Waals surface area contributed by atoms with Gasteiger partial charge in [-0.2, -0.15) is 0 Å². The third-order valence-electron chi connectivity index (χ3n) is 6.09. The standard InChI is InChI=1S/C24H31N3O2/c1-3-27(4-2)23(28)18-10-11-21(26-17-18)20-16-24(12-7-14-25-15-13-24)29-22-9-6-5-8-19(20)22/h5-6,8-11,16-17,23,25,28H,3-4,7,12-15H2,1-2H3. The molecule has 1 spiro atoms. The summed E-state index contributed by atoms with van der Waals surface area (Å²) in [4.78, 5) is 6.76. The Hall–Kier alpha value is -2.21. The molecular weight excluding hydrogens is 362 g/mol. The molecule has 5 nitrogen and oxygen atoms in total. The van der Waals surface area contributed by atoms with Gasteiger partial charge >= 0.3 is 0 Å². The number of ether oxygens (including phenoxy) is 1. The number of aliphatic hydroxyl groups is 1. The highest BCUT2D eigenvalue weighted by Gasteiger charge is 2.36. The van der Waals surface area contributed by atoms with Crippen molar-refractivity contribution >= 4 is 5.57 Å². The summed E-state index contributed by atoms with van der Waals surface area (Å²) in [6.45, 7) is 7.69. The van der Waals surface area contributed by atoms with E-state index in [9.17, 15) is 5.11 Å². The van der Waals surface area contributed by atoms with Gasteiger partial charge in [-0.3, -0.25) is 9.88 Å². The second-order valence-electron chi connectivity index (χ2n) is 7.90. The van der Waals surface area contributed by atoms with Crippen LogP contribution >= 0.6 is 0 Å². The van der Waals surface area contributed by atoms with E-state index in [2.05, 4.69) is 37.4 Å². The van der Waals surface area contributed by atoms with E-state index in [0.29, 0.717) is 0 Å². The molecule has 2 unspecified atom stereocenters. The van der Waals surface area contributed by atoms with Gasteiger partial charge in [-0.25, -0.2) is 0 Å². The molecule has 0 saturated carbocycles. The van der Waals surface area contributed by atoms with E-state index >= 15 is 0 Å². The van der Waals surface area contributed by atoms with E-state index in [-0.39, 0.29) is 5.60 Å². The summed E-state index contributed by atoms with van der Waals surface area (Å²) in [6.07, 6.45) is 6.50. The average molecular weight is 394 g/mol. The van der Waals surface area contributed by atoms with Crippen molar-refractivity contribution in [3.63, 3.8) is 0 Å². The van der Waals surface area contributed by atoms with Gasteiger partial charge in [0.15, 0.2) is 0 Å². The predicted molar refractivity (Wildman–Crippen MR) is 116 cm³/mol. The molecule has 29 heavy (non-hydrogen) atoms. The molecule has 4 rings (SSSR count). The number of nitrogens with one attached hydrogen (secondary N) is 1. The van der Waals surface area contributed by atoms with Crippen molar-refractivity contribution in [2.45, 2.75) is 44.9 Å². The van der Waals surface area contributed by atoms with Crippen molar-refractivity contribution in [1.29, 1.82) is 0 Å². The fourth-order valence-corrected chi connectivity index (χ4v) is 4.39. The molecule has 2 aliphatic rings. The predicted octanol–water partition coefficient (Wildman–Crippen LogP) is 3.75. The molecule has 154 valence electrons. The second-order valence-corrected chi connectivity index (χ2v) is 7.90. The van der Waals surface area contributed by atoms with Crippen LogP contribution in [0.5, 0.6) is 5.75 Å². The Morgan fingerprint density at radius 1 is 1.14 bits per heavy atom. The van der Waals surface area contributed by atoms with Gasteiger partial charge in [0.25, 0.3) is 0 Å². The minimum atomic E-state index is -0.623. The number of para-hydroxylation sites is 1. The molecule has 3 heterocycles. The SMILES string of the molecule is CCN(CC)C(O)c1ccc(C2=CC3(CCCNCC3)Oc3ccccc32)nc1. The van der Waals surface area contributed by atoms with Crippen LogP contribution in [0.4, 0.5) is 0 Å². The smallest absolute Gasteiger partial charge is 0.135 e. The number of hydrogen-bond acceptors (Lipinski definition) is 5. The first-order valence-corrected chi connectivity index (χ1v) is 10.8. The minimum absolute atomic E-state index is 0.283. The Morgan fingerprint density at radius 2 is 1.97 bits per heavy atom. The lowest BCUT2D eigenvalue weighted by Gasteiger charge is -2.36. The van der Waals surface area contributed by atoms with Crippen LogP contribution < -0.4 is 10.1 Å². The fraction of sp³-hybridized carbons (Fsp3) is 0.458. The van der Waals surface area contributed by atoms with E-state index in [4.69, 9.17) is 9.72 Å². The Labute approximate surface area is 173 Å². The molecule has 1 aromatic heterocycles. The molecule has 0 bridgehead atoms. The largest absolute Gasteiger partial charge is 0.482 e. The van der Waals surface area contributed by atoms with Gasteiger partial charge in [0.1, 0.15) is 17.6 Å². The molecule has 1 aromatic carbocycles. The van der Waals surface area contributed by atoms with Crippen LogP contribution in [-0.2, 0) is 0 Å². The van der Waals surface area contributed by atoms with Crippen molar-refractivity contribution in [3.05, 3.63) is 65.5 Å². The van der Waals surface area contributed by atoms with Crippen molar-refractivity contribution < 1.29 is 9.84 Å². The van der Waals surface area contributed by atoms with Crippen molar-refractivity contribution in [3.8, 4) is 5.75 Å². The number of pyridine rings is 1. The Bertz CT molecular complexity index is 851. The van der Waals surface area contributed by atoms with Gasteiger partial charge in [0.05, 0.1) is 5.69 Å². The molecule has 2 aromatic rings. The summed E-state index contributed by atoms with van der Waals surface area (Å²) in [6, 6.07) is 12.2. The molecule has 0 aliphatic carbocycles. The number of nitrogens with zero attached hydrogens (tertiary/aromatic N) is 2. The lowest BCUT2D eigenvalue weighted by Crippen LogP contribution is -2.37. The van der Waals surface area contributed by atoms with Crippen LogP contribution in [0.25, 0.3) is 5.57 Å². The van der Waals surface area contributed by atoms with Crippen LogP contribution in [0.3, 0.4) is 0 Å². The number of rotatable bonds is 5. The Morgan fingerprint density at radius 3 is 2.72 bits per heavy atom. The third-order valence-corrected chi connectivity index (χ3v) is 6.09. The number of fused-ring (bicyclic) bond motifs is 1. The summed E-state index contributed by atoms with van der Waals surface area (Å²) in [7, 11) is 0. The zero-order valence-electron chi connectivity index (χ0n) is 17.4. The molecule has 0 radical (unpaired) electrons. The molecule has 1 fully saturated rings. The summed E-state index contributed by atoms with van der Waals surface area (Å²) in [5.41, 5.74) is 3.67. The molecule has 2 aliphatic heterocycles. The fourth-order valence-electron chi connectivity index (χ4n) is 4.39. The highest BCUT2D eigenvalue weighted by molar-refractivity contribution is 5.83. The Kier molecular flexibility index (Phi) is 5.99. The van der Waals surface area contributed by atoms with Crippen molar-refractivity contribution in [2.24, 2.45) is 0 Å². The molecule has 5 heteroatoms. The first kappa shape index (κ1) is 20.1. The molecule has 2 atom stereocenters. The van der Waals surface area contributed by atoms with Crippen molar-refractivity contribution in [2.75, 3.05) is 26.2 Å². The summed E-state index contributed by atoms with van der Waals surface area (Å²) in [5.74, 6) is 0.931. The number of aromatic nitrogens is 1. The van der Waals surface area contributed by atoms with E-state index in [1.165, 1.54) is 0 Å². The van der Waals surface area contributed by atoms with Crippen LogP contribution in [0.1, 0.15) is 56.2 Å². The van der Waals surface area contributed by atoms with Crippen LogP contribution in [0.2, 0.25) is 0 Å². The van der Waals surface area contributed by atoms with Gasteiger partial charge in [-0.15, -0.1) is 0 Å². The quantitative estimate of drug-likeness (QED) is 0.758. The minimum Gasteiger partial charge on any atom is -0.482 e. The first-order chi connectivity index (χ1) is 14.2. The van der Waals surface area contributed by atoms with Crippen LogP contribution in [0.15, 0.2) is 48.7 Å². The monoisotopic (exact) mass is 393 g/mol. The van der Waals surface area contributed by atoms with Gasteiger partial charge in [0.2, 0.25) is 0 Å². The highest BCUT2D eigenvalue weighted by Crippen LogP contribution is 2.42. The molecule has 2 N–H and O–H groups in total. The van der Waals surface area contributed by atoms with E-state index in [1.54, 1.807) is 6.20 Å². The van der Waals surface area contributed by atoms with Gasteiger partial charge in [0, 0.05) is 29.3 Å². The highest BCUT2D eigenvalue weighted by atomic mass is 16.5. The number of aliphatic hydroxyl groups excluding tert-OH is 1. The second kappa shape index (κ2) is 8.66. The molecular formula is C24H31N3O2. The van der Waals surface area contributed by atoms with E-state index in [1.807, 2.05) is 29.2 Å². The van der Waals surface area contributed by atoms with E-state index in [0.717, 1.165) is 73.6 Å². The lowest BCUT2D eigenvalue weighted by atomic mass is 9.85. The van der Waals surface area contributed by atoms with Gasteiger partial charge in [-0.05, 0) is 57.2 Å². The maximum Gasteiger partial charge on any atom is 0.135 e. The summed E-state index contributed by atoms with van der Waals surface area (Å²) in [5, 5.41) is 14.1. The summed E-state index contributed by atoms with van der Waals surface area (Å²) >= 11 is 0. The zero-order valence-corrected chi connectivity index (χ0v) is 17.4. The summed E-state index contributed by atoms with van der Waals surface area (Å²) < 4.78 is 6.52. The third kappa shape index (κ3) is 4.08. The topological polar surface area (TPSA) is 57.6 Å². The number of benzene rings is 1. The molecule has 1 saturated heterocycles. The first-order valence-electron chi connectivity index (χ1n) is 10.8. The van der Waals surface area contributed by atoms with Crippen LogP contribution in [0, 0.1) is 0 Å². The van der Waals surface area contributed by atoms with E-state index < -0.39 is 6.23 Å². The molecule has 0 amide bonds. The average Bonchev–Trinajstić information content (AvgIpc) is 2.99. The maximum atomic E-state index is 10.6.